The molecule has 3 aromatic carbocycles. The lowest BCUT2D eigenvalue weighted by molar-refractivity contribution is -0.385. The van der Waals surface area contributed by atoms with Gasteiger partial charge in [-0.15, -0.1) is 10.2 Å². The van der Waals surface area contributed by atoms with Crippen LogP contribution in [0.15, 0.2) is 77.0 Å². The van der Waals surface area contributed by atoms with Crippen LogP contribution in [0.2, 0.25) is 0 Å². The summed E-state index contributed by atoms with van der Waals surface area (Å²) in [6, 6.07) is 13.6. The van der Waals surface area contributed by atoms with Crippen molar-refractivity contribution >= 4 is 34.0 Å². The largest absolute Gasteiger partial charge is 0.494 e. The number of rotatable bonds is 5. The van der Waals surface area contributed by atoms with Crippen LogP contribution in [0.1, 0.15) is 20.7 Å². The fourth-order valence-corrected chi connectivity index (χ4v) is 3.30. The molecule has 35 heavy (non-hydrogen) atoms. The number of aromatic hydroxyl groups is 2. The molecular weight excluding hydrogens is 462 g/mol. The molecular formula is C22H13N5O8. The summed E-state index contributed by atoms with van der Waals surface area (Å²) in [5, 5.41) is 49.6. The second-order valence-corrected chi connectivity index (χ2v) is 7.13. The molecule has 1 aromatic heterocycles. The third-order valence-electron chi connectivity index (χ3n) is 5.05. The standard InChI is InChI=1S/C22H13N5O8/c28-19(23-24-20(29)13-3-7-15(8-4-13)26(32)33)12-1-5-14(6-2-12)25-21(30)17-10-9-16(27(34)35)11-18(17)22(25)31/h1-11,30-31H. The predicted molar refractivity (Wildman–Crippen MR) is 120 cm³/mol. The average molecular weight is 475 g/mol. The molecule has 0 atom stereocenters. The van der Waals surface area contributed by atoms with E-state index < -0.39 is 27.5 Å². The summed E-state index contributed by atoms with van der Waals surface area (Å²) in [5.41, 5.74) is -0.178. The zero-order chi connectivity index (χ0) is 25.3. The first-order chi connectivity index (χ1) is 16.7. The van der Waals surface area contributed by atoms with E-state index in [0.29, 0.717) is 0 Å². The Labute approximate surface area is 194 Å². The number of hydrogen-bond donors (Lipinski definition) is 2. The maximum absolute atomic E-state index is 12.3. The molecule has 1 heterocycles. The van der Waals surface area contributed by atoms with Crippen molar-refractivity contribution in [3.05, 3.63) is 98.1 Å². The Morgan fingerprint density at radius 2 is 1.14 bits per heavy atom. The van der Waals surface area contributed by atoms with E-state index in [0.717, 1.165) is 22.8 Å². The number of carbonyl (C=O) groups is 2. The summed E-state index contributed by atoms with van der Waals surface area (Å²) in [6.07, 6.45) is 0. The first kappa shape index (κ1) is 22.7. The van der Waals surface area contributed by atoms with Crippen LogP contribution in [0, 0.1) is 20.2 Å². The van der Waals surface area contributed by atoms with E-state index in [-0.39, 0.29) is 44.8 Å². The van der Waals surface area contributed by atoms with Crippen LogP contribution in [-0.4, -0.2) is 36.4 Å². The van der Waals surface area contributed by atoms with Gasteiger partial charge < -0.3 is 10.2 Å². The van der Waals surface area contributed by atoms with Crippen LogP contribution < -0.4 is 0 Å². The summed E-state index contributed by atoms with van der Waals surface area (Å²) in [5.74, 6) is -2.52. The lowest BCUT2D eigenvalue weighted by Gasteiger charge is -2.07. The molecule has 0 unspecified atom stereocenters. The normalized spacial score (nSPS) is 11.1. The highest BCUT2D eigenvalue weighted by atomic mass is 16.6. The maximum atomic E-state index is 12.3. The van der Waals surface area contributed by atoms with Crippen LogP contribution in [0.3, 0.4) is 0 Å². The van der Waals surface area contributed by atoms with Crippen molar-refractivity contribution in [3.8, 4) is 17.4 Å². The first-order valence-electron chi connectivity index (χ1n) is 9.73. The van der Waals surface area contributed by atoms with Gasteiger partial charge in [0.05, 0.1) is 20.9 Å². The van der Waals surface area contributed by atoms with Gasteiger partial charge in [0.1, 0.15) is 0 Å². The van der Waals surface area contributed by atoms with Crippen molar-refractivity contribution in [3.63, 3.8) is 0 Å². The van der Waals surface area contributed by atoms with Crippen LogP contribution in [0.5, 0.6) is 11.8 Å². The van der Waals surface area contributed by atoms with E-state index in [1.807, 2.05) is 0 Å². The molecule has 4 aromatic rings. The molecule has 2 amide bonds. The molecule has 0 aliphatic rings. The van der Waals surface area contributed by atoms with Gasteiger partial charge >= 0.3 is 0 Å². The Hall–Kier alpha value is -5.46. The van der Waals surface area contributed by atoms with Gasteiger partial charge in [-0.2, -0.15) is 0 Å². The SMILES string of the molecule is O=C(N=NC(=O)c1ccc([N+](=O)[O-])cc1)c1ccc(-n2c(O)c3ccc([N+](=O)[O-])cc3c2O)cc1. The highest BCUT2D eigenvalue weighted by molar-refractivity contribution is 5.99. The number of fused-ring (bicyclic) bond motifs is 1. The van der Waals surface area contributed by atoms with Gasteiger partial charge in [0.25, 0.3) is 23.2 Å². The number of hydrogen-bond acceptors (Lipinski definition) is 8. The molecule has 0 aliphatic heterocycles. The minimum atomic E-state index is -0.868. The van der Waals surface area contributed by atoms with E-state index in [9.17, 15) is 40.0 Å². The first-order valence-corrected chi connectivity index (χ1v) is 9.73. The van der Waals surface area contributed by atoms with Gasteiger partial charge in [0.2, 0.25) is 11.8 Å². The minimum Gasteiger partial charge on any atom is -0.494 e. The highest BCUT2D eigenvalue weighted by Gasteiger charge is 2.20. The third-order valence-corrected chi connectivity index (χ3v) is 5.05. The zero-order valence-electron chi connectivity index (χ0n) is 17.4. The van der Waals surface area contributed by atoms with Crippen LogP contribution in [-0.2, 0) is 0 Å². The van der Waals surface area contributed by atoms with E-state index in [1.165, 1.54) is 48.5 Å². The Morgan fingerprint density at radius 1 is 0.686 bits per heavy atom. The molecule has 0 saturated carbocycles. The summed E-state index contributed by atoms with van der Waals surface area (Å²) in [6.45, 7) is 0. The molecule has 174 valence electrons. The Bertz CT molecular complexity index is 1540. The number of benzene rings is 3. The maximum Gasteiger partial charge on any atom is 0.295 e. The quantitative estimate of drug-likeness (QED) is 0.242. The van der Waals surface area contributed by atoms with E-state index >= 15 is 0 Å². The van der Waals surface area contributed by atoms with Crippen molar-refractivity contribution < 1.29 is 29.6 Å². The lowest BCUT2D eigenvalue weighted by atomic mass is 10.2. The Balaban J connectivity index is 1.55. The topological polar surface area (TPSA) is 191 Å². The van der Waals surface area contributed by atoms with Gasteiger partial charge in [0, 0.05) is 40.8 Å². The van der Waals surface area contributed by atoms with Crippen molar-refractivity contribution in [1.82, 2.24) is 4.57 Å². The molecule has 13 nitrogen and oxygen atoms in total. The highest BCUT2D eigenvalue weighted by Crippen LogP contribution is 2.40. The van der Waals surface area contributed by atoms with Crippen molar-refractivity contribution in [1.29, 1.82) is 0 Å². The van der Waals surface area contributed by atoms with Crippen molar-refractivity contribution in [2.24, 2.45) is 10.2 Å². The number of carbonyl (C=O) groups excluding carboxylic acids is 2. The Kier molecular flexibility index (Phi) is 5.73. The number of azo groups is 1. The fraction of sp³-hybridized carbons (Fsp3) is 0. The molecule has 0 radical (unpaired) electrons. The van der Waals surface area contributed by atoms with Crippen molar-refractivity contribution in [2.45, 2.75) is 0 Å². The average Bonchev–Trinajstić information content (AvgIpc) is 3.11. The third kappa shape index (κ3) is 4.28. The van der Waals surface area contributed by atoms with Gasteiger partial charge in [-0.1, -0.05) is 0 Å². The lowest BCUT2D eigenvalue weighted by Crippen LogP contribution is -1.99. The summed E-state index contributed by atoms with van der Waals surface area (Å²) in [4.78, 5) is 44.7. The van der Waals surface area contributed by atoms with Gasteiger partial charge in [-0.25, -0.2) is 0 Å². The summed E-state index contributed by atoms with van der Waals surface area (Å²) < 4.78 is 1.04. The van der Waals surface area contributed by atoms with E-state index in [2.05, 4.69) is 10.2 Å². The second kappa shape index (κ2) is 8.82. The van der Waals surface area contributed by atoms with Crippen molar-refractivity contribution in [2.75, 3.05) is 0 Å². The molecule has 13 heteroatoms. The molecule has 0 aliphatic carbocycles. The van der Waals surface area contributed by atoms with Gasteiger partial charge in [0.15, 0.2) is 0 Å². The molecule has 2 N–H and O–H groups in total. The summed E-state index contributed by atoms with van der Waals surface area (Å²) >= 11 is 0. The van der Waals surface area contributed by atoms with Crippen LogP contribution in [0.4, 0.5) is 11.4 Å². The molecule has 4 rings (SSSR count). The van der Waals surface area contributed by atoms with Crippen LogP contribution >= 0.6 is 0 Å². The smallest absolute Gasteiger partial charge is 0.295 e. The number of non-ortho nitro benzene ring substituents is 2. The monoisotopic (exact) mass is 475 g/mol. The van der Waals surface area contributed by atoms with Gasteiger partial charge in [-0.3, -0.25) is 34.4 Å². The molecule has 0 bridgehead atoms. The van der Waals surface area contributed by atoms with E-state index in [4.69, 9.17) is 0 Å². The number of nitro groups is 2. The second-order valence-electron chi connectivity index (χ2n) is 7.13. The molecule has 0 saturated heterocycles. The van der Waals surface area contributed by atoms with Gasteiger partial charge in [-0.05, 0) is 42.5 Å². The zero-order valence-corrected chi connectivity index (χ0v) is 17.4. The summed E-state index contributed by atoms with van der Waals surface area (Å²) in [7, 11) is 0. The fourth-order valence-electron chi connectivity index (χ4n) is 3.30. The molecule has 0 spiro atoms. The number of aromatic nitrogens is 1. The van der Waals surface area contributed by atoms with Crippen LogP contribution in [0.25, 0.3) is 16.5 Å². The van der Waals surface area contributed by atoms with E-state index in [1.54, 1.807) is 0 Å². The number of nitro benzene ring substituents is 2. The number of amides is 2. The minimum absolute atomic E-state index is 0.00774. The number of nitrogens with zero attached hydrogens (tertiary/aromatic N) is 5. The molecule has 0 fully saturated rings. The Morgan fingerprint density at radius 3 is 1.66 bits per heavy atom. The predicted octanol–water partition coefficient (Wildman–Crippen LogP) is 4.29.